The van der Waals surface area contributed by atoms with Crippen LogP contribution in [0.2, 0.25) is 0 Å². The number of carbonyl (C=O) groups excluding carboxylic acids is 1. The van der Waals surface area contributed by atoms with Gasteiger partial charge in [-0.1, -0.05) is 23.9 Å². The number of nitrogens with zero attached hydrogens (tertiary/aromatic N) is 3. The van der Waals surface area contributed by atoms with Crippen LogP contribution in [0.3, 0.4) is 0 Å². The largest absolute Gasteiger partial charge is 0.325 e. The Bertz CT molecular complexity index is 1380. The zero-order valence-corrected chi connectivity index (χ0v) is 19.5. The zero-order chi connectivity index (χ0) is 22.7. The SMILES string of the molecule is C=CCn1c(SC(C)C(=O)Nc2ccc(C#N)cc2)nc2scc(-c3cccs3)c2c1=O. The Kier molecular flexibility index (Phi) is 6.55. The predicted octanol–water partition coefficient (Wildman–Crippen LogP) is 5.36. The van der Waals surface area contributed by atoms with E-state index in [4.69, 9.17) is 10.2 Å². The van der Waals surface area contributed by atoms with E-state index in [2.05, 4.69) is 11.9 Å². The summed E-state index contributed by atoms with van der Waals surface area (Å²) >= 11 is 4.23. The molecule has 0 spiro atoms. The van der Waals surface area contributed by atoms with E-state index < -0.39 is 5.25 Å². The van der Waals surface area contributed by atoms with Crippen molar-refractivity contribution in [2.45, 2.75) is 23.9 Å². The van der Waals surface area contributed by atoms with Crippen LogP contribution in [0.5, 0.6) is 0 Å². The summed E-state index contributed by atoms with van der Waals surface area (Å²) in [6, 6.07) is 12.7. The first-order valence-corrected chi connectivity index (χ1v) is 12.3. The van der Waals surface area contributed by atoms with Gasteiger partial charge in [-0.25, -0.2) is 4.98 Å². The summed E-state index contributed by atoms with van der Waals surface area (Å²) in [5.41, 5.74) is 1.88. The summed E-state index contributed by atoms with van der Waals surface area (Å²) in [4.78, 5) is 32.5. The van der Waals surface area contributed by atoms with Crippen molar-refractivity contribution in [2.75, 3.05) is 5.32 Å². The van der Waals surface area contributed by atoms with Crippen LogP contribution in [-0.4, -0.2) is 20.7 Å². The van der Waals surface area contributed by atoms with Gasteiger partial charge in [0, 0.05) is 28.1 Å². The number of hydrogen-bond donors (Lipinski definition) is 1. The van der Waals surface area contributed by atoms with Gasteiger partial charge >= 0.3 is 0 Å². The fourth-order valence-electron chi connectivity index (χ4n) is 3.08. The number of anilines is 1. The molecule has 4 rings (SSSR count). The number of thiophene rings is 2. The Balaban J connectivity index is 1.63. The van der Waals surface area contributed by atoms with E-state index in [1.54, 1.807) is 53.2 Å². The molecule has 0 aliphatic heterocycles. The lowest BCUT2D eigenvalue weighted by atomic mass is 10.2. The maximum Gasteiger partial charge on any atom is 0.263 e. The third kappa shape index (κ3) is 4.39. The summed E-state index contributed by atoms with van der Waals surface area (Å²) in [5.74, 6) is -0.218. The first-order valence-electron chi connectivity index (χ1n) is 9.66. The fourth-order valence-corrected chi connectivity index (χ4v) is 5.80. The highest BCUT2D eigenvalue weighted by Gasteiger charge is 2.21. The molecule has 0 saturated heterocycles. The Morgan fingerprint density at radius 2 is 2.12 bits per heavy atom. The molecular formula is C23H18N4O2S3. The van der Waals surface area contributed by atoms with Gasteiger partial charge in [-0.05, 0) is 42.6 Å². The number of benzene rings is 1. The van der Waals surface area contributed by atoms with E-state index in [0.29, 0.717) is 33.2 Å². The van der Waals surface area contributed by atoms with Crippen LogP contribution in [0.15, 0.2) is 69.8 Å². The molecule has 1 unspecified atom stereocenters. The molecule has 0 bridgehead atoms. The summed E-state index contributed by atoms with van der Waals surface area (Å²) in [5, 5.41) is 16.3. The molecule has 0 fully saturated rings. The fraction of sp³-hybridized carbons (Fsp3) is 0.130. The topological polar surface area (TPSA) is 87.8 Å². The highest BCUT2D eigenvalue weighted by Crippen LogP contribution is 2.35. The van der Waals surface area contributed by atoms with Gasteiger partial charge in [0.15, 0.2) is 5.16 Å². The minimum Gasteiger partial charge on any atom is -0.325 e. The second-order valence-electron chi connectivity index (χ2n) is 6.84. The van der Waals surface area contributed by atoms with Crippen LogP contribution in [-0.2, 0) is 11.3 Å². The Labute approximate surface area is 196 Å². The maximum absolute atomic E-state index is 13.4. The number of thioether (sulfide) groups is 1. The van der Waals surface area contributed by atoms with Crippen LogP contribution in [0.25, 0.3) is 20.7 Å². The third-order valence-electron chi connectivity index (χ3n) is 4.69. The number of hydrogen-bond acceptors (Lipinski definition) is 7. The van der Waals surface area contributed by atoms with E-state index in [1.165, 1.54) is 23.1 Å². The van der Waals surface area contributed by atoms with Crippen LogP contribution in [0, 0.1) is 11.3 Å². The lowest BCUT2D eigenvalue weighted by molar-refractivity contribution is -0.115. The smallest absolute Gasteiger partial charge is 0.263 e. The minimum absolute atomic E-state index is 0.137. The average molecular weight is 479 g/mol. The van der Waals surface area contributed by atoms with Gasteiger partial charge in [0.1, 0.15) is 4.83 Å². The molecule has 1 atom stereocenters. The monoisotopic (exact) mass is 478 g/mol. The summed E-state index contributed by atoms with van der Waals surface area (Å²) in [6.45, 7) is 5.84. The van der Waals surface area contributed by atoms with Gasteiger partial charge in [0.25, 0.3) is 5.56 Å². The Hall–Kier alpha value is -3.19. The van der Waals surface area contributed by atoms with Crippen LogP contribution < -0.4 is 10.9 Å². The van der Waals surface area contributed by atoms with Crippen molar-refractivity contribution in [3.63, 3.8) is 0 Å². The predicted molar refractivity (Wildman–Crippen MR) is 132 cm³/mol. The van der Waals surface area contributed by atoms with E-state index in [0.717, 1.165) is 10.4 Å². The molecule has 160 valence electrons. The van der Waals surface area contributed by atoms with Crippen LogP contribution in [0.4, 0.5) is 5.69 Å². The number of nitrogens with one attached hydrogen (secondary N) is 1. The molecule has 0 saturated carbocycles. The van der Waals surface area contributed by atoms with E-state index in [9.17, 15) is 9.59 Å². The average Bonchev–Trinajstić information content (AvgIpc) is 3.46. The van der Waals surface area contributed by atoms with E-state index >= 15 is 0 Å². The standard InChI is InChI=1S/C23H18N4O2S3/c1-3-10-27-22(29)19-17(18-5-4-11-30-18)13-31-21(19)26-23(27)32-14(2)20(28)25-16-8-6-15(12-24)7-9-16/h3-9,11,13-14H,1,10H2,2H3,(H,25,28). The molecule has 3 aromatic heterocycles. The molecule has 3 heterocycles. The highest BCUT2D eigenvalue weighted by molar-refractivity contribution is 8.00. The molecule has 1 N–H and O–H groups in total. The maximum atomic E-state index is 13.4. The lowest BCUT2D eigenvalue weighted by Crippen LogP contribution is -2.26. The molecule has 0 radical (unpaired) electrons. The van der Waals surface area contributed by atoms with Crippen molar-refractivity contribution in [2.24, 2.45) is 0 Å². The normalized spacial score (nSPS) is 11.8. The van der Waals surface area contributed by atoms with Crippen molar-refractivity contribution in [1.82, 2.24) is 9.55 Å². The molecule has 0 aliphatic rings. The van der Waals surface area contributed by atoms with Gasteiger partial charge in [-0.15, -0.1) is 29.3 Å². The number of aromatic nitrogens is 2. The number of nitriles is 1. The Morgan fingerprint density at radius 1 is 1.34 bits per heavy atom. The summed E-state index contributed by atoms with van der Waals surface area (Å²) in [6.07, 6.45) is 1.65. The third-order valence-corrected chi connectivity index (χ3v) is 7.56. The Morgan fingerprint density at radius 3 is 2.78 bits per heavy atom. The first kappa shape index (κ1) is 22.0. The van der Waals surface area contributed by atoms with Gasteiger partial charge in [0.05, 0.1) is 22.3 Å². The van der Waals surface area contributed by atoms with Gasteiger partial charge < -0.3 is 5.32 Å². The molecule has 1 aromatic carbocycles. The molecule has 0 aliphatic carbocycles. The van der Waals surface area contributed by atoms with Crippen molar-refractivity contribution in [3.05, 3.63) is 75.7 Å². The van der Waals surface area contributed by atoms with Gasteiger partial charge in [0.2, 0.25) is 5.91 Å². The van der Waals surface area contributed by atoms with E-state index in [-0.39, 0.29) is 11.5 Å². The number of fused-ring (bicyclic) bond motifs is 1. The second-order valence-corrected chi connectivity index (χ2v) is 9.96. The number of amides is 1. The van der Waals surface area contributed by atoms with Crippen LogP contribution >= 0.6 is 34.4 Å². The molecule has 9 heteroatoms. The number of rotatable bonds is 7. The molecule has 32 heavy (non-hydrogen) atoms. The van der Waals surface area contributed by atoms with Crippen molar-refractivity contribution in [1.29, 1.82) is 5.26 Å². The van der Waals surface area contributed by atoms with E-state index in [1.807, 2.05) is 29.0 Å². The molecular weight excluding hydrogens is 460 g/mol. The summed E-state index contributed by atoms with van der Waals surface area (Å²) < 4.78 is 1.56. The molecule has 4 aromatic rings. The summed E-state index contributed by atoms with van der Waals surface area (Å²) in [7, 11) is 0. The first-order chi connectivity index (χ1) is 15.5. The van der Waals surface area contributed by atoms with Crippen LogP contribution in [0.1, 0.15) is 12.5 Å². The quantitative estimate of drug-likeness (QED) is 0.219. The molecule has 1 amide bonds. The van der Waals surface area contributed by atoms with Gasteiger partial charge in [-0.3, -0.25) is 14.2 Å². The molecule has 6 nitrogen and oxygen atoms in total. The van der Waals surface area contributed by atoms with Gasteiger partial charge in [-0.2, -0.15) is 5.26 Å². The zero-order valence-electron chi connectivity index (χ0n) is 17.1. The van der Waals surface area contributed by atoms with Crippen molar-refractivity contribution >= 4 is 56.2 Å². The number of carbonyl (C=O) groups is 1. The second kappa shape index (κ2) is 9.53. The lowest BCUT2D eigenvalue weighted by Gasteiger charge is -2.15. The highest BCUT2D eigenvalue weighted by atomic mass is 32.2. The number of allylic oxidation sites excluding steroid dienone is 1. The van der Waals surface area contributed by atoms with Crippen molar-refractivity contribution < 1.29 is 4.79 Å². The van der Waals surface area contributed by atoms with Crippen molar-refractivity contribution in [3.8, 4) is 16.5 Å². The minimum atomic E-state index is -0.497.